The van der Waals surface area contributed by atoms with E-state index in [0.29, 0.717) is 5.82 Å². The molecule has 5 nitrogen and oxygen atoms in total. The van der Waals surface area contributed by atoms with E-state index in [0.717, 1.165) is 37.1 Å². The van der Waals surface area contributed by atoms with Crippen molar-refractivity contribution < 1.29 is 4.92 Å². The van der Waals surface area contributed by atoms with Crippen LogP contribution in [0.25, 0.3) is 0 Å². The molecule has 0 atom stereocenters. The third-order valence-corrected chi connectivity index (χ3v) is 4.33. The maximum atomic E-state index is 11.2. The van der Waals surface area contributed by atoms with Gasteiger partial charge in [-0.3, -0.25) is 10.1 Å². The molecule has 2 heterocycles. The number of nitro groups is 1. The molecule has 0 radical (unpaired) electrons. The predicted octanol–water partition coefficient (Wildman–Crippen LogP) is 3.96. The van der Waals surface area contributed by atoms with Gasteiger partial charge in [-0.25, -0.2) is 4.98 Å². The van der Waals surface area contributed by atoms with Gasteiger partial charge in [-0.2, -0.15) is 0 Å². The van der Waals surface area contributed by atoms with Crippen molar-refractivity contribution in [1.29, 1.82) is 0 Å². The molecule has 25 heavy (non-hydrogen) atoms. The van der Waals surface area contributed by atoms with E-state index in [2.05, 4.69) is 16.8 Å². The summed E-state index contributed by atoms with van der Waals surface area (Å²) < 4.78 is 0. The van der Waals surface area contributed by atoms with Gasteiger partial charge in [-0.1, -0.05) is 35.6 Å². The van der Waals surface area contributed by atoms with Crippen LogP contribution in [0.4, 0.5) is 11.5 Å². The monoisotopic (exact) mass is 333 g/mol. The average molecular weight is 333 g/mol. The number of aromatic nitrogens is 1. The first-order valence-corrected chi connectivity index (χ1v) is 8.25. The van der Waals surface area contributed by atoms with Crippen molar-refractivity contribution in [2.24, 2.45) is 0 Å². The van der Waals surface area contributed by atoms with Gasteiger partial charge in [0, 0.05) is 30.9 Å². The third-order valence-electron chi connectivity index (χ3n) is 4.33. The number of allylic oxidation sites excluding steroid dienone is 1. The lowest BCUT2D eigenvalue weighted by molar-refractivity contribution is -0.384. The van der Waals surface area contributed by atoms with Crippen LogP contribution in [-0.2, 0) is 0 Å². The summed E-state index contributed by atoms with van der Waals surface area (Å²) in [4.78, 5) is 17.0. The van der Waals surface area contributed by atoms with Crippen LogP contribution < -0.4 is 4.90 Å². The molecule has 1 aromatic carbocycles. The standard InChI is InChI=1S/C20H19N3O2/c1-16(9-10-17-6-3-2-4-7-17)18-11-14-22(15-12-18)20-19(23(24)25)8-5-13-21-20/h2-8,13H,11-12,14-15H2,1H3. The minimum atomic E-state index is -0.371. The van der Waals surface area contributed by atoms with Crippen LogP contribution in [0, 0.1) is 22.0 Å². The summed E-state index contributed by atoms with van der Waals surface area (Å²) >= 11 is 0. The van der Waals surface area contributed by atoms with Crippen LogP contribution in [0.2, 0.25) is 0 Å². The Bertz CT molecular complexity index is 853. The molecular formula is C20H19N3O2. The zero-order valence-electron chi connectivity index (χ0n) is 14.1. The first-order valence-electron chi connectivity index (χ1n) is 8.25. The van der Waals surface area contributed by atoms with E-state index in [-0.39, 0.29) is 10.6 Å². The lowest BCUT2D eigenvalue weighted by Crippen LogP contribution is -2.32. The highest BCUT2D eigenvalue weighted by atomic mass is 16.6. The second-order valence-corrected chi connectivity index (χ2v) is 5.93. The molecule has 3 rings (SSSR count). The summed E-state index contributed by atoms with van der Waals surface area (Å²) in [7, 11) is 0. The van der Waals surface area contributed by atoms with Gasteiger partial charge in [-0.05, 0) is 43.5 Å². The summed E-state index contributed by atoms with van der Waals surface area (Å²) in [6.07, 6.45) is 3.30. The number of nitrogens with zero attached hydrogens (tertiary/aromatic N) is 3. The van der Waals surface area contributed by atoms with Crippen molar-refractivity contribution in [3.63, 3.8) is 0 Å². The molecule has 126 valence electrons. The van der Waals surface area contributed by atoms with Crippen molar-refractivity contribution in [3.8, 4) is 11.8 Å². The minimum absolute atomic E-state index is 0.0653. The van der Waals surface area contributed by atoms with Crippen LogP contribution in [0.1, 0.15) is 25.3 Å². The largest absolute Gasteiger partial charge is 0.350 e. The second kappa shape index (κ2) is 7.63. The minimum Gasteiger partial charge on any atom is -0.350 e. The van der Waals surface area contributed by atoms with E-state index in [1.165, 1.54) is 11.6 Å². The van der Waals surface area contributed by atoms with Crippen molar-refractivity contribution in [3.05, 3.63) is 75.5 Å². The van der Waals surface area contributed by atoms with Crippen molar-refractivity contribution in [2.75, 3.05) is 18.0 Å². The molecular weight excluding hydrogens is 314 g/mol. The molecule has 1 aromatic heterocycles. The van der Waals surface area contributed by atoms with Gasteiger partial charge in [0.2, 0.25) is 5.82 Å². The number of rotatable bonds is 2. The van der Waals surface area contributed by atoms with Gasteiger partial charge in [0.05, 0.1) is 4.92 Å². The molecule has 1 aliphatic heterocycles. The fourth-order valence-corrected chi connectivity index (χ4v) is 2.91. The molecule has 5 heteroatoms. The van der Waals surface area contributed by atoms with Crippen molar-refractivity contribution in [1.82, 2.24) is 4.98 Å². The molecule has 1 saturated heterocycles. The molecule has 1 aliphatic rings. The lowest BCUT2D eigenvalue weighted by Gasteiger charge is -2.29. The summed E-state index contributed by atoms with van der Waals surface area (Å²) in [5, 5.41) is 11.2. The Morgan fingerprint density at radius 2 is 1.88 bits per heavy atom. The number of pyridine rings is 1. The summed E-state index contributed by atoms with van der Waals surface area (Å²) in [5.41, 5.74) is 3.48. The first kappa shape index (κ1) is 16.7. The van der Waals surface area contributed by atoms with Crippen LogP contribution >= 0.6 is 0 Å². The predicted molar refractivity (Wildman–Crippen MR) is 98.4 cm³/mol. The maximum absolute atomic E-state index is 11.2. The summed E-state index contributed by atoms with van der Waals surface area (Å²) in [5.74, 6) is 6.88. The molecule has 2 aromatic rings. The molecule has 0 amide bonds. The van der Waals surface area contributed by atoms with Crippen LogP contribution in [-0.4, -0.2) is 23.0 Å². The van der Waals surface area contributed by atoms with E-state index >= 15 is 0 Å². The normalized spacial score (nSPS) is 13.8. The third kappa shape index (κ3) is 4.04. The second-order valence-electron chi connectivity index (χ2n) is 5.93. The highest BCUT2D eigenvalue weighted by molar-refractivity contribution is 5.58. The summed E-state index contributed by atoms with van der Waals surface area (Å²) in [6, 6.07) is 13.0. The lowest BCUT2D eigenvalue weighted by atomic mass is 9.98. The summed E-state index contributed by atoms with van der Waals surface area (Å²) in [6.45, 7) is 3.49. The zero-order valence-corrected chi connectivity index (χ0v) is 14.1. The molecule has 0 saturated carbocycles. The van der Waals surface area contributed by atoms with Crippen molar-refractivity contribution in [2.45, 2.75) is 19.8 Å². The van der Waals surface area contributed by atoms with Crippen LogP contribution in [0.5, 0.6) is 0 Å². The number of benzene rings is 1. The molecule has 0 aliphatic carbocycles. The fraction of sp³-hybridized carbons (Fsp3) is 0.250. The van der Waals surface area contributed by atoms with Gasteiger partial charge in [0.25, 0.3) is 0 Å². The quantitative estimate of drug-likeness (QED) is 0.474. The SMILES string of the molecule is CC(C#Cc1ccccc1)=C1CCN(c2ncccc2[N+](=O)[O-])CC1. The Labute approximate surface area is 147 Å². The van der Waals surface area contributed by atoms with Gasteiger partial charge in [0.1, 0.15) is 0 Å². The van der Waals surface area contributed by atoms with Crippen LogP contribution in [0.3, 0.4) is 0 Å². The number of anilines is 1. The maximum Gasteiger partial charge on any atom is 0.311 e. The molecule has 1 fully saturated rings. The smallest absolute Gasteiger partial charge is 0.311 e. The Balaban J connectivity index is 1.72. The van der Waals surface area contributed by atoms with Gasteiger partial charge in [0.15, 0.2) is 0 Å². The first-order chi connectivity index (χ1) is 12.1. The zero-order chi connectivity index (χ0) is 17.6. The molecule has 0 bridgehead atoms. The Hall–Kier alpha value is -3.13. The molecule has 0 unspecified atom stereocenters. The van der Waals surface area contributed by atoms with E-state index in [1.807, 2.05) is 42.2 Å². The van der Waals surface area contributed by atoms with E-state index in [1.54, 1.807) is 12.3 Å². The van der Waals surface area contributed by atoms with Crippen LogP contribution in [0.15, 0.2) is 59.8 Å². The highest BCUT2D eigenvalue weighted by Crippen LogP contribution is 2.29. The Kier molecular flexibility index (Phi) is 5.10. The molecule has 0 spiro atoms. The van der Waals surface area contributed by atoms with Gasteiger partial charge < -0.3 is 4.90 Å². The highest BCUT2D eigenvalue weighted by Gasteiger charge is 2.23. The van der Waals surface area contributed by atoms with E-state index < -0.39 is 0 Å². The van der Waals surface area contributed by atoms with Crippen molar-refractivity contribution >= 4 is 11.5 Å². The number of hydrogen-bond donors (Lipinski definition) is 0. The van der Waals surface area contributed by atoms with Gasteiger partial charge >= 0.3 is 5.69 Å². The number of hydrogen-bond acceptors (Lipinski definition) is 4. The van der Waals surface area contributed by atoms with Gasteiger partial charge in [-0.15, -0.1) is 0 Å². The average Bonchev–Trinajstić information content (AvgIpc) is 2.67. The topological polar surface area (TPSA) is 59.3 Å². The fourth-order valence-electron chi connectivity index (χ4n) is 2.91. The Morgan fingerprint density at radius 3 is 2.56 bits per heavy atom. The molecule has 0 N–H and O–H groups in total. The van der Waals surface area contributed by atoms with E-state index in [9.17, 15) is 10.1 Å². The Morgan fingerprint density at radius 1 is 1.16 bits per heavy atom. The van der Waals surface area contributed by atoms with E-state index in [4.69, 9.17) is 0 Å². The number of piperidine rings is 1.